The van der Waals surface area contributed by atoms with Gasteiger partial charge in [-0.05, 0) is 24.5 Å². The fraction of sp³-hybridized carbons (Fsp3) is 0.529. The van der Waals surface area contributed by atoms with Gasteiger partial charge in [-0.2, -0.15) is 0 Å². The molecular formula is C17H23ClN2O3. The Labute approximate surface area is 141 Å². The number of nitrogens with zero attached hydrogens (tertiary/aromatic N) is 1. The minimum absolute atomic E-state index is 0.0283. The van der Waals surface area contributed by atoms with Crippen molar-refractivity contribution in [1.29, 1.82) is 0 Å². The van der Waals surface area contributed by atoms with E-state index >= 15 is 0 Å². The van der Waals surface area contributed by atoms with Crippen LogP contribution in [0.2, 0.25) is 5.02 Å². The SMILES string of the molecule is CC(=O)N(CCC(=O)NCc1ccccc1Cl)CC1CCCO1. The lowest BCUT2D eigenvalue weighted by Gasteiger charge is -2.23. The van der Waals surface area contributed by atoms with E-state index in [1.165, 1.54) is 6.92 Å². The van der Waals surface area contributed by atoms with Crippen molar-refractivity contribution in [1.82, 2.24) is 10.2 Å². The zero-order valence-electron chi connectivity index (χ0n) is 13.4. The number of hydrogen-bond acceptors (Lipinski definition) is 3. The molecule has 23 heavy (non-hydrogen) atoms. The van der Waals surface area contributed by atoms with E-state index < -0.39 is 0 Å². The van der Waals surface area contributed by atoms with Gasteiger partial charge < -0.3 is 15.0 Å². The van der Waals surface area contributed by atoms with Crippen molar-refractivity contribution in [3.63, 3.8) is 0 Å². The first kappa shape index (κ1) is 17.8. The van der Waals surface area contributed by atoms with Crippen LogP contribution in [0.4, 0.5) is 0 Å². The van der Waals surface area contributed by atoms with E-state index in [-0.39, 0.29) is 24.3 Å². The maximum Gasteiger partial charge on any atom is 0.222 e. The third-order valence-corrected chi connectivity index (χ3v) is 4.30. The molecule has 2 amide bonds. The van der Waals surface area contributed by atoms with Gasteiger partial charge in [0.25, 0.3) is 0 Å². The second-order valence-corrected chi connectivity index (χ2v) is 6.13. The first-order chi connectivity index (χ1) is 11.1. The molecule has 1 N–H and O–H groups in total. The molecule has 0 radical (unpaired) electrons. The lowest BCUT2D eigenvalue weighted by Crippen LogP contribution is -2.38. The van der Waals surface area contributed by atoms with E-state index in [2.05, 4.69) is 5.32 Å². The fourth-order valence-corrected chi connectivity index (χ4v) is 2.77. The molecule has 1 unspecified atom stereocenters. The second-order valence-electron chi connectivity index (χ2n) is 5.72. The summed E-state index contributed by atoms with van der Waals surface area (Å²) in [5.74, 6) is -0.122. The molecule has 126 valence electrons. The van der Waals surface area contributed by atoms with Gasteiger partial charge in [0, 0.05) is 44.6 Å². The van der Waals surface area contributed by atoms with Crippen molar-refractivity contribution in [3.8, 4) is 0 Å². The summed E-state index contributed by atoms with van der Waals surface area (Å²) in [5, 5.41) is 3.47. The van der Waals surface area contributed by atoms with Gasteiger partial charge in [-0.25, -0.2) is 0 Å². The highest BCUT2D eigenvalue weighted by atomic mass is 35.5. The summed E-state index contributed by atoms with van der Waals surface area (Å²) in [6, 6.07) is 7.40. The smallest absolute Gasteiger partial charge is 0.222 e. The summed E-state index contributed by atoms with van der Waals surface area (Å²) in [6.07, 6.45) is 2.39. The number of ether oxygens (including phenoxy) is 1. The number of nitrogens with one attached hydrogen (secondary N) is 1. The average Bonchev–Trinajstić information content (AvgIpc) is 3.03. The van der Waals surface area contributed by atoms with E-state index in [1.807, 2.05) is 18.2 Å². The molecule has 1 fully saturated rings. The monoisotopic (exact) mass is 338 g/mol. The Hall–Kier alpha value is -1.59. The van der Waals surface area contributed by atoms with Crippen molar-refractivity contribution in [3.05, 3.63) is 34.9 Å². The van der Waals surface area contributed by atoms with Crippen LogP contribution in [0.1, 0.15) is 31.7 Å². The van der Waals surface area contributed by atoms with Gasteiger partial charge in [0.15, 0.2) is 0 Å². The number of hydrogen-bond donors (Lipinski definition) is 1. The van der Waals surface area contributed by atoms with Gasteiger partial charge >= 0.3 is 0 Å². The maximum atomic E-state index is 12.0. The Morgan fingerprint density at radius 2 is 2.17 bits per heavy atom. The largest absolute Gasteiger partial charge is 0.376 e. The van der Waals surface area contributed by atoms with Gasteiger partial charge in [-0.1, -0.05) is 29.8 Å². The Kier molecular flexibility index (Phi) is 6.86. The highest BCUT2D eigenvalue weighted by Crippen LogP contribution is 2.15. The third-order valence-electron chi connectivity index (χ3n) is 3.94. The molecule has 1 aromatic carbocycles. The van der Waals surface area contributed by atoms with Crippen molar-refractivity contribution < 1.29 is 14.3 Å². The zero-order valence-corrected chi connectivity index (χ0v) is 14.1. The average molecular weight is 339 g/mol. The summed E-state index contributed by atoms with van der Waals surface area (Å²) in [6.45, 7) is 3.65. The third kappa shape index (κ3) is 5.84. The lowest BCUT2D eigenvalue weighted by molar-refractivity contribution is -0.131. The number of halogens is 1. The lowest BCUT2D eigenvalue weighted by atomic mass is 10.2. The molecule has 5 nitrogen and oxygen atoms in total. The van der Waals surface area contributed by atoms with Crippen LogP contribution in [0.25, 0.3) is 0 Å². The molecule has 6 heteroatoms. The standard InChI is InChI=1S/C17H23ClN2O3/c1-13(21)20(12-15-6-4-10-23-15)9-8-17(22)19-11-14-5-2-3-7-16(14)18/h2-3,5,7,15H,4,6,8-12H2,1H3,(H,19,22). The molecule has 1 aromatic rings. The molecular weight excluding hydrogens is 316 g/mol. The first-order valence-electron chi connectivity index (χ1n) is 7.93. The van der Waals surface area contributed by atoms with Crippen LogP contribution in [-0.4, -0.2) is 42.5 Å². The van der Waals surface area contributed by atoms with Gasteiger partial charge in [0.2, 0.25) is 11.8 Å². The Morgan fingerprint density at radius 1 is 1.39 bits per heavy atom. The number of carbonyl (C=O) groups is 2. The molecule has 0 saturated carbocycles. The molecule has 0 aromatic heterocycles. The van der Waals surface area contributed by atoms with Crippen LogP contribution in [0.15, 0.2) is 24.3 Å². The van der Waals surface area contributed by atoms with Crippen LogP contribution >= 0.6 is 11.6 Å². The first-order valence-corrected chi connectivity index (χ1v) is 8.31. The number of carbonyl (C=O) groups excluding carboxylic acids is 2. The summed E-state index contributed by atoms with van der Waals surface area (Å²) in [7, 11) is 0. The molecule has 2 rings (SSSR count). The summed E-state index contributed by atoms with van der Waals surface area (Å²) in [4.78, 5) is 25.3. The second kappa shape index (κ2) is 8.89. The number of benzene rings is 1. The van der Waals surface area contributed by atoms with Gasteiger partial charge in [0.05, 0.1) is 6.10 Å². The van der Waals surface area contributed by atoms with Crippen LogP contribution in [0.5, 0.6) is 0 Å². The predicted octanol–water partition coefficient (Wildman–Crippen LogP) is 2.37. The van der Waals surface area contributed by atoms with Crippen LogP contribution in [0.3, 0.4) is 0 Å². The quantitative estimate of drug-likeness (QED) is 0.830. The van der Waals surface area contributed by atoms with E-state index in [0.717, 1.165) is 25.0 Å². The van der Waals surface area contributed by atoms with Crippen molar-refractivity contribution in [2.45, 2.75) is 38.8 Å². The highest BCUT2D eigenvalue weighted by Gasteiger charge is 2.21. The van der Waals surface area contributed by atoms with E-state index in [1.54, 1.807) is 11.0 Å². The normalized spacial score (nSPS) is 17.0. The molecule has 0 bridgehead atoms. The summed E-state index contributed by atoms with van der Waals surface area (Å²) < 4.78 is 5.55. The Bertz CT molecular complexity index is 544. The molecule has 1 heterocycles. The zero-order chi connectivity index (χ0) is 16.7. The van der Waals surface area contributed by atoms with Gasteiger partial charge in [-0.3, -0.25) is 9.59 Å². The number of amides is 2. The number of rotatable bonds is 7. The molecule has 1 aliphatic rings. The van der Waals surface area contributed by atoms with Crippen LogP contribution in [0, 0.1) is 0 Å². The minimum Gasteiger partial charge on any atom is -0.376 e. The molecule has 0 spiro atoms. The molecule has 1 saturated heterocycles. The predicted molar refractivity (Wildman–Crippen MR) is 89.1 cm³/mol. The van der Waals surface area contributed by atoms with Crippen LogP contribution in [-0.2, 0) is 20.9 Å². The summed E-state index contributed by atoms with van der Waals surface area (Å²) in [5.41, 5.74) is 0.880. The van der Waals surface area contributed by atoms with Crippen molar-refractivity contribution >= 4 is 23.4 Å². The van der Waals surface area contributed by atoms with Crippen molar-refractivity contribution in [2.24, 2.45) is 0 Å². The van der Waals surface area contributed by atoms with Crippen LogP contribution < -0.4 is 5.32 Å². The Morgan fingerprint density at radius 3 is 2.83 bits per heavy atom. The van der Waals surface area contributed by atoms with Gasteiger partial charge in [0.1, 0.15) is 0 Å². The van der Waals surface area contributed by atoms with E-state index in [0.29, 0.717) is 24.7 Å². The van der Waals surface area contributed by atoms with Gasteiger partial charge in [-0.15, -0.1) is 0 Å². The topological polar surface area (TPSA) is 58.6 Å². The summed E-state index contributed by atoms with van der Waals surface area (Å²) >= 11 is 6.05. The van der Waals surface area contributed by atoms with E-state index in [4.69, 9.17) is 16.3 Å². The molecule has 0 aliphatic carbocycles. The minimum atomic E-state index is -0.0940. The molecule has 1 atom stereocenters. The van der Waals surface area contributed by atoms with E-state index in [9.17, 15) is 9.59 Å². The molecule has 1 aliphatic heterocycles. The van der Waals surface area contributed by atoms with Crippen molar-refractivity contribution in [2.75, 3.05) is 19.7 Å². The maximum absolute atomic E-state index is 12.0. The Balaban J connectivity index is 1.75. The fourth-order valence-electron chi connectivity index (χ4n) is 2.57. The highest BCUT2D eigenvalue weighted by molar-refractivity contribution is 6.31.